The Labute approximate surface area is 162 Å². The standard InChI is InChI=1S/C22H21NO5/c1-11-19(25)22(28)21(27)17(23-11)10-13(24)9-12-5-4-8-15-14-6-2-3-7-16(14)20(26)18(12)15/h2-8,10-11,19,21-23,25,27-28H,9H2,1H3/b17-10+/t11-,19+,21+,22+/m0/s1. The number of piperidine rings is 1. The smallest absolute Gasteiger partial charge is 0.194 e. The summed E-state index contributed by atoms with van der Waals surface area (Å²) in [5.41, 5.74) is 3.64. The molecule has 1 aliphatic heterocycles. The number of fused-ring (bicyclic) bond motifs is 3. The molecule has 0 radical (unpaired) electrons. The maximum atomic E-state index is 12.8. The summed E-state index contributed by atoms with van der Waals surface area (Å²) in [6.07, 6.45) is -2.64. The van der Waals surface area contributed by atoms with Gasteiger partial charge in [0.05, 0.1) is 6.04 Å². The number of carbonyl (C=O) groups is 2. The predicted octanol–water partition coefficient (Wildman–Crippen LogP) is 0.968. The van der Waals surface area contributed by atoms with Crippen LogP contribution in [0.5, 0.6) is 0 Å². The number of benzene rings is 2. The van der Waals surface area contributed by atoms with Crippen LogP contribution in [0.15, 0.2) is 54.2 Å². The van der Waals surface area contributed by atoms with Gasteiger partial charge in [-0.2, -0.15) is 0 Å². The van der Waals surface area contributed by atoms with Crippen LogP contribution >= 0.6 is 0 Å². The Morgan fingerprint density at radius 2 is 1.68 bits per heavy atom. The molecule has 4 atom stereocenters. The van der Waals surface area contributed by atoms with E-state index >= 15 is 0 Å². The number of allylic oxidation sites excluding steroid dienone is 1. The summed E-state index contributed by atoms with van der Waals surface area (Å²) in [5.74, 6) is -0.404. The summed E-state index contributed by atoms with van der Waals surface area (Å²) < 4.78 is 0. The molecular weight excluding hydrogens is 358 g/mol. The Bertz CT molecular complexity index is 996. The van der Waals surface area contributed by atoms with Gasteiger partial charge in [0, 0.05) is 29.3 Å². The van der Waals surface area contributed by atoms with Gasteiger partial charge in [-0.25, -0.2) is 0 Å². The van der Waals surface area contributed by atoms with E-state index in [0.29, 0.717) is 16.7 Å². The zero-order valence-electron chi connectivity index (χ0n) is 15.3. The van der Waals surface area contributed by atoms with Crippen molar-refractivity contribution < 1.29 is 24.9 Å². The lowest BCUT2D eigenvalue weighted by Gasteiger charge is -2.36. The van der Waals surface area contributed by atoms with Crippen molar-refractivity contribution in [1.82, 2.24) is 5.32 Å². The van der Waals surface area contributed by atoms with Crippen LogP contribution in [-0.2, 0) is 11.2 Å². The summed E-state index contributed by atoms with van der Waals surface area (Å²) in [6, 6.07) is 12.3. The van der Waals surface area contributed by atoms with Gasteiger partial charge in [-0.05, 0) is 23.6 Å². The van der Waals surface area contributed by atoms with E-state index in [4.69, 9.17) is 0 Å². The fourth-order valence-electron chi connectivity index (χ4n) is 3.93. The van der Waals surface area contributed by atoms with E-state index in [1.807, 2.05) is 30.3 Å². The van der Waals surface area contributed by atoms with Gasteiger partial charge >= 0.3 is 0 Å². The highest BCUT2D eigenvalue weighted by molar-refractivity contribution is 6.22. The van der Waals surface area contributed by atoms with E-state index in [-0.39, 0.29) is 23.7 Å². The van der Waals surface area contributed by atoms with Crippen molar-refractivity contribution >= 4 is 11.6 Å². The normalized spacial score (nSPS) is 27.3. The van der Waals surface area contributed by atoms with Gasteiger partial charge in [-0.15, -0.1) is 0 Å². The summed E-state index contributed by atoms with van der Waals surface area (Å²) in [6.45, 7) is 1.65. The van der Waals surface area contributed by atoms with E-state index < -0.39 is 24.4 Å². The predicted molar refractivity (Wildman–Crippen MR) is 103 cm³/mol. The van der Waals surface area contributed by atoms with Gasteiger partial charge in [-0.1, -0.05) is 42.5 Å². The highest BCUT2D eigenvalue weighted by Crippen LogP contribution is 2.38. The molecule has 0 aromatic heterocycles. The molecule has 0 bridgehead atoms. The first-order valence-electron chi connectivity index (χ1n) is 9.19. The number of aliphatic hydroxyl groups is 3. The second kappa shape index (κ2) is 6.98. The van der Waals surface area contributed by atoms with E-state index in [0.717, 1.165) is 11.1 Å². The maximum Gasteiger partial charge on any atom is 0.194 e. The van der Waals surface area contributed by atoms with Crippen LogP contribution in [0, 0.1) is 0 Å². The summed E-state index contributed by atoms with van der Waals surface area (Å²) >= 11 is 0. The zero-order valence-corrected chi connectivity index (χ0v) is 15.3. The van der Waals surface area contributed by atoms with E-state index in [9.17, 15) is 24.9 Å². The molecular formula is C22H21NO5. The van der Waals surface area contributed by atoms with Gasteiger partial charge in [0.15, 0.2) is 11.6 Å². The third kappa shape index (κ3) is 2.96. The largest absolute Gasteiger partial charge is 0.388 e. The molecule has 1 saturated heterocycles. The molecule has 0 saturated carbocycles. The third-order valence-electron chi connectivity index (χ3n) is 5.42. The highest BCUT2D eigenvalue weighted by Gasteiger charge is 2.37. The number of hydrogen-bond acceptors (Lipinski definition) is 6. The minimum Gasteiger partial charge on any atom is -0.388 e. The number of hydrogen-bond donors (Lipinski definition) is 4. The van der Waals surface area contributed by atoms with Crippen LogP contribution < -0.4 is 5.32 Å². The molecule has 6 nitrogen and oxygen atoms in total. The first-order valence-corrected chi connectivity index (χ1v) is 9.19. The lowest BCUT2D eigenvalue weighted by molar-refractivity contribution is -0.114. The lowest BCUT2D eigenvalue weighted by atomic mass is 9.92. The third-order valence-corrected chi connectivity index (χ3v) is 5.42. The van der Waals surface area contributed by atoms with Crippen molar-refractivity contribution in [3.63, 3.8) is 0 Å². The molecule has 0 amide bonds. The molecule has 0 spiro atoms. The number of carbonyl (C=O) groups excluding carboxylic acids is 2. The van der Waals surface area contributed by atoms with Crippen molar-refractivity contribution in [2.24, 2.45) is 0 Å². The number of ketones is 2. The van der Waals surface area contributed by atoms with Crippen LogP contribution in [0.2, 0.25) is 0 Å². The lowest BCUT2D eigenvalue weighted by Crippen LogP contribution is -2.57. The van der Waals surface area contributed by atoms with Gasteiger partial charge < -0.3 is 20.6 Å². The second-order valence-corrected chi connectivity index (χ2v) is 7.32. The minimum absolute atomic E-state index is 0.00612. The first-order chi connectivity index (χ1) is 13.4. The van der Waals surface area contributed by atoms with Gasteiger partial charge in [-0.3, -0.25) is 9.59 Å². The number of aliphatic hydroxyl groups excluding tert-OH is 3. The van der Waals surface area contributed by atoms with Crippen molar-refractivity contribution in [3.05, 3.63) is 70.9 Å². The van der Waals surface area contributed by atoms with Gasteiger partial charge in [0.1, 0.15) is 18.3 Å². The second-order valence-electron chi connectivity index (χ2n) is 7.32. The first kappa shape index (κ1) is 18.6. The highest BCUT2D eigenvalue weighted by atomic mass is 16.4. The molecule has 1 fully saturated rings. The van der Waals surface area contributed by atoms with Crippen LogP contribution in [0.4, 0.5) is 0 Å². The summed E-state index contributed by atoms with van der Waals surface area (Å²) in [7, 11) is 0. The zero-order chi connectivity index (χ0) is 20.0. The van der Waals surface area contributed by atoms with Crippen LogP contribution in [-0.4, -0.2) is 51.2 Å². The van der Waals surface area contributed by atoms with E-state index in [1.54, 1.807) is 19.1 Å². The van der Waals surface area contributed by atoms with Gasteiger partial charge in [0.25, 0.3) is 0 Å². The van der Waals surface area contributed by atoms with Crippen molar-refractivity contribution in [1.29, 1.82) is 0 Å². The molecule has 144 valence electrons. The average Bonchev–Trinajstić information content (AvgIpc) is 2.98. The van der Waals surface area contributed by atoms with Crippen molar-refractivity contribution in [3.8, 4) is 11.1 Å². The Balaban J connectivity index is 1.62. The molecule has 1 aliphatic carbocycles. The fraction of sp³-hybridized carbons (Fsp3) is 0.273. The van der Waals surface area contributed by atoms with Crippen LogP contribution in [0.25, 0.3) is 11.1 Å². The average molecular weight is 379 g/mol. The van der Waals surface area contributed by atoms with Gasteiger partial charge in [0.2, 0.25) is 0 Å². The maximum absolute atomic E-state index is 12.8. The molecule has 4 rings (SSSR count). The number of nitrogens with one attached hydrogen (secondary N) is 1. The molecule has 1 heterocycles. The molecule has 0 unspecified atom stereocenters. The van der Waals surface area contributed by atoms with Crippen molar-refractivity contribution in [2.75, 3.05) is 0 Å². The monoisotopic (exact) mass is 379 g/mol. The number of rotatable bonds is 3. The Hall–Kier alpha value is -2.80. The van der Waals surface area contributed by atoms with Crippen LogP contribution in [0.3, 0.4) is 0 Å². The Morgan fingerprint density at radius 3 is 2.43 bits per heavy atom. The van der Waals surface area contributed by atoms with Crippen molar-refractivity contribution in [2.45, 2.75) is 37.7 Å². The molecule has 2 aromatic rings. The molecule has 4 N–H and O–H groups in total. The molecule has 28 heavy (non-hydrogen) atoms. The molecule has 6 heteroatoms. The SMILES string of the molecule is C[C@@H]1N/C(=C/C(=O)Cc2cccc3c2C(=O)c2ccccc2-3)[C@@H](O)[C@H](O)[C@@H]1O. The molecule has 2 aromatic carbocycles. The topological polar surface area (TPSA) is 107 Å². The molecule has 2 aliphatic rings. The van der Waals surface area contributed by atoms with E-state index in [1.165, 1.54) is 6.08 Å². The summed E-state index contributed by atoms with van der Waals surface area (Å²) in [4.78, 5) is 25.4. The minimum atomic E-state index is -1.37. The Morgan fingerprint density at radius 1 is 1.00 bits per heavy atom. The quantitative estimate of drug-likeness (QED) is 0.505. The fourth-order valence-corrected chi connectivity index (χ4v) is 3.93. The van der Waals surface area contributed by atoms with E-state index in [2.05, 4.69) is 5.32 Å². The van der Waals surface area contributed by atoms with Crippen LogP contribution in [0.1, 0.15) is 28.4 Å². The Kier molecular flexibility index (Phi) is 4.63. The summed E-state index contributed by atoms with van der Waals surface area (Å²) in [5, 5.41) is 32.7.